The molecule has 68 heavy (non-hydrogen) atoms. The third kappa shape index (κ3) is 8.58. The number of amides is 4. The summed E-state index contributed by atoms with van der Waals surface area (Å²) in [7, 11) is 2.55. The van der Waals surface area contributed by atoms with E-state index in [0.717, 1.165) is 46.3 Å². The zero-order valence-corrected chi connectivity index (χ0v) is 40.3. The third-order valence-electron chi connectivity index (χ3n) is 13.4. The highest BCUT2D eigenvalue weighted by Crippen LogP contribution is 2.49. The van der Waals surface area contributed by atoms with Crippen molar-refractivity contribution in [3.63, 3.8) is 0 Å². The lowest BCUT2D eigenvalue weighted by Gasteiger charge is -2.30. The number of aromatic nitrogens is 5. The molecule has 18 heteroatoms. The summed E-state index contributed by atoms with van der Waals surface area (Å²) in [5.74, 6) is 0.738. The number of H-pyrrole nitrogens is 2. The second-order valence-electron chi connectivity index (χ2n) is 18.8. The van der Waals surface area contributed by atoms with E-state index in [9.17, 15) is 19.2 Å². The summed E-state index contributed by atoms with van der Waals surface area (Å²) in [6.07, 6.45) is 4.47. The number of thiophene rings is 1. The number of methoxy groups -OCH3 is 2. The van der Waals surface area contributed by atoms with Crippen LogP contribution >= 0.6 is 11.3 Å². The molecule has 16 nitrogen and oxygen atoms in total. The fourth-order valence-electron chi connectivity index (χ4n) is 9.79. The van der Waals surface area contributed by atoms with Gasteiger partial charge < -0.3 is 44.6 Å². The molecule has 3 aliphatic rings. The molecule has 7 heterocycles. The standard InChI is InChI=1S/C50H58FN9O7S/c1-25(2)39-15-16-40(68-39)48-60-34-14-13-28(32-23-52-44(54-32)35-11-9-17-58(35)46(61)42(26(3)4)56-49(63)65-7)19-30(34)21-37(60)41-31(51)20-29(22-38(41)67-48)33-24-53-45(55-33)36-12-10-18-59(36)47(62)43(27(5)6)57-50(64)66-8/h13-16,19-27,35-36,42-43,48H,9-12,17-18H2,1-8H3,(H,52,54)(H,53,55)(H,56,63)(H,57,64)/t35-,36-,42?,43?,48?/m0/s1. The van der Waals surface area contributed by atoms with Crippen LogP contribution < -0.4 is 15.4 Å². The van der Waals surface area contributed by atoms with Crippen LogP contribution in [0.3, 0.4) is 0 Å². The van der Waals surface area contributed by atoms with E-state index in [0.29, 0.717) is 65.3 Å². The highest BCUT2D eigenvalue weighted by atomic mass is 32.1. The van der Waals surface area contributed by atoms with E-state index in [1.54, 1.807) is 33.5 Å². The molecule has 2 fully saturated rings. The number of ether oxygens (including phenoxy) is 3. The molecule has 3 aliphatic heterocycles. The fraction of sp³-hybridized carbons (Fsp3) is 0.440. The molecule has 2 aromatic carbocycles. The number of alkyl carbamates (subject to hydrolysis) is 2. The number of nitrogens with zero attached hydrogens (tertiary/aromatic N) is 5. The van der Waals surface area contributed by atoms with E-state index in [1.165, 1.54) is 25.2 Å². The van der Waals surface area contributed by atoms with E-state index in [1.807, 2.05) is 52.0 Å². The Balaban J connectivity index is 1.03. The Morgan fingerprint density at radius 2 is 1.34 bits per heavy atom. The molecule has 4 N–H and O–H groups in total. The van der Waals surface area contributed by atoms with Crippen molar-refractivity contribution < 1.29 is 37.8 Å². The second kappa shape index (κ2) is 18.8. The van der Waals surface area contributed by atoms with Gasteiger partial charge in [0.15, 0.2) is 0 Å². The Bertz CT molecular complexity index is 2880. The average Bonchev–Trinajstić information content (AvgIpc) is 4.18. The van der Waals surface area contributed by atoms with E-state index in [-0.39, 0.29) is 35.7 Å². The number of hydrogen-bond acceptors (Lipinski definition) is 10. The normalized spacial score (nSPS) is 18.7. The lowest BCUT2D eigenvalue weighted by molar-refractivity contribution is -0.136. The molecule has 0 bridgehead atoms. The summed E-state index contributed by atoms with van der Waals surface area (Å²) in [5.41, 5.74) is 4.62. The quantitative estimate of drug-likeness (QED) is 0.0927. The third-order valence-corrected chi connectivity index (χ3v) is 14.8. The van der Waals surface area contributed by atoms with Crippen molar-refractivity contribution in [2.24, 2.45) is 11.8 Å². The van der Waals surface area contributed by atoms with Crippen molar-refractivity contribution in [3.05, 3.63) is 88.1 Å². The number of carbonyl (C=O) groups excluding carboxylic acids is 4. The molecule has 2 saturated heterocycles. The Labute approximate surface area is 398 Å². The molecule has 6 aromatic rings. The van der Waals surface area contributed by atoms with Gasteiger partial charge in [-0.05, 0) is 85.9 Å². The molecule has 4 aromatic heterocycles. The van der Waals surface area contributed by atoms with Crippen LogP contribution in [0.5, 0.6) is 5.75 Å². The topological polar surface area (TPSA) is 189 Å². The number of hydrogen-bond donors (Lipinski definition) is 4. The van der Waals surface area contributed by atoms with Crippen LogP contribution in [0.4, 0.5) is 14.0 Å². The summed E-state index contributed by atoms with van der Waals surface area (Å²) >= 11 is 1.67. The Hall–Kier alpha value is -6.69. The minimum atomic E-state index is -0.771. The summed E-state index contributed by atoms with van der Waals surface area (Å²) < 4.78 is 35.4. The lowest BCUT2D eigenvalue weighted by Crippen LogP contribution is -2.51. The zero-order valence-electron chi connectivity index (χ0n) is 39.5. The molecule has 0 saturated carbocycles. The predicted octanol–water partition coefficient (Wildman–Crippen LogP) is 9.44. The largest absolute Gasteiger partial charge is 0.464 e. The van der Waals surface area contributed by atoms with Crippen molar-refractivity contribution in [1.82, 2.24) is 44.9 Å². The zero-order chi connectivity index (χ0) is 48.1. The highest BCUT2D eigenvalue weighted by Gasteiger charge is 2.40. The van der Waals surface area contributed by atoms with Crippen LogP contribution in [0.25, 0.3) is 44.7 Å². The van der Waals surface area contributed by atoms with Gasteiger partial charge in [0.25, 0.3) is 0 Å². The van der Waals surface area contributed by atoms with Gasteiger partial charge in [0.1, 0.15) is 35.3 Å². The van der Waals surface area contributed by atoms with Gasteiger partial charge in [-0.3, -0.25) is 14.2 Å². The number of aromatic amines is 2. The van der Waals surface area contributed by atoms with E-state index in [2.05, 4.69) is 57.2 Å². The second-order valence-corrected chi connectivity index (χ2v) is 20.0. The van der Waals surface area contributed by atoms with Crippen LogP contribution in [0, 0.1) is 17.7 Å². The number of carbonyl (C=O) groups is 4. The van der Waals surface area contributed by atoms with Crippen molar-refractivity contribution in [3.8, 4) is 39.5 Å². The molecular formula is C50H58FN9O7S. The first-order valence-electron chi connectivity index (χ1n) is 23.3. The average molecular weight is 948 g/mol. The summed E-state index contributed by atoms with van der Waals surface area (Å²) in [5, 5.41) is 6.27. The first-order chi connectivity index (χ1) is 32.6. The van der Waals surface area contributed by atoms with Crippen LogP contribution in [0.2, 0.25) is 0 Å². The molecule has 0 aliphatic carbocycles. The van der Waals surface area contributed by atoms with Gasteiger partial charge in [0, 0.05) is 34.5 Å². The highest BCUT2D eigenvalue weighted by molar-refractivity contribution is 7.12. The van der Waals surface area contributed by atoms with Gasteiger partial charge >= 0.3 is 12.2 Å². The van der Waals surface area contributed by atoms with Crippen molar-refractivity contribution in [2.75, 3.05) is 27.3 Å². The van der Waals surface area contributed by atoms with E-state index >= 15 is 4.39 Å². The van der Waals surface area contributed by atoms with Gasteiger partial charge in [0.2, 0.25) is 18.0 Å². The number of likely N-dealkylation sites (tertiary alicyclic amines) is 2. The van der Waals surface area contributed by atoms with Crippen molar-refractivity contribution >= 4 is 46.2 Å². The van der Waals surface area contributed by atoms with Crippen molar-refractivity contribution in [2.45, 2.75) is 104 Å². The fourth-order valence-corrected chi connectivity index (χ4v) is 10.8. The van der Waals surface area contributed by atoms with Gasteiger partial charge in [-0.2, -0.15) is 0 Å². The van der Waals surface area contributed by atoms with Crippen LogP contribution in [-0.2, 0) is 19.1 Å². The Kier molecular flexibility index (Phi) is 12.8. The molecule has 0 spiro atoms. The van der Waals surface area contributed by atoms with E-state index < -0.39 is 36.3 Å². The number of imidazole rings is 2. The molecule has 9 rings (SSSR count). The maximum absolute atomic E-state index is 16.9. The van der Waals surface area contributed by atoms with Gasteiger partial charge in [-0.15, -0.1) is 11.3 Å². The molecule has 3 unspecified atom stereocenters. The first-order valence-corrected chi connectivity index (χ1v) is 24.1. The smallest absolute Gasteiger partial charge is 0.407 e. The lowest BCUT2D eigenvalue weighted by atomic mass is 10.0. The predicted molar refractivity (Wildman–Crippen MR) is 255 cm³/mol. The molecular weight excluding hydrogens is 890 g/mol. The van der Waals surface area contributed by atoms with Crippen LogP contribution in [0.1, 0.15) is 113 Å². The SMILES string of the molecule is COC(=O)NC(C(=O)N1CCC[C@H]1c1ncc(-c2cc(F)c3c(c2)OC(c2ccc(C(C)C)s2)n2c-3cc3cc(-c4cnc([C@@H]5CCCN5C(=O)C(NC(=O)OC)C(C)C)[nH]4)ccc32)[nH]1)C(C)C. The monoisotopic (exact) mass is 947 g/mol. The van der Waals surface area contributed by atoms with Gasteiger partial charge in [-0.25, -0.2) is 23.9 Å². The minimum absolute atomic E-state index is 0.152. The molecule has 358 valence electrons. The molecule has 5 atom stereocenters. The molecule has 4 amide bonds. The number of fused-ring (bicyclic) bond motifs is 5. The minimum Gasteiger partial charge on any atom is -0.464 e. The van der Waals surface area contributed by atoms with E-state index in [4.69, 9.17) is 24.2 Å². The summed E-state index contributed by atoms with van der Waals surface area (Å²) in [4.78, 5) is 73.9. The Morgan fingerprint density at radius 3 is 1.87 bits per heavy atom. The number of benzene rings is 2. The first kappa shape index (κ1) is 46.4. The molecule has 0 radical (unpaired) electrons. The maximum atomic E-state index is 16.9. The number of halogens is 1. The van der Waals surface area contributed by atoms with Gasteiger partial charge in [0.05, 0.1) is 71.7 Å². The number of rotatable bonds is 12. The van der Waals surface area contributed by atoms with Crippen LogP contribution in [0.15, 0.2) is 60.9 Å². The Morgan fingerprint density at radius 1 is 0.765 bits per heavy atom. The van der Waals surface area contributed by atoms with Crippen molar-refractivity contribution in [1.29, 1.82) is 0 Å². The summed E-state index contributed by atoms with van der Waals surface area (Å²) in [6.45, 7) is 12.9. The number of nitrogens with one attached hydrogen (secondary N) is 4. The van der Waals surface area contributed by atoms with Gasteiger partial charge in [-0.1, -0.05) is 47.6 Å². The van der Waals surface area contributed by atoms with Crippen LogP contribution in [-0.4, -0.2) is 97.7 Å². The maximum Gasteiger partial charge on any atom is 0.407 e. The summed E-state index contributed by atoms with van der Waals surface area (Å²) in [6, 6.07) is 13.5.